The summed E-state index contributed by atoms with van der Waals surface area (Å²) in [6.45, 7) is 4.24. The van der Waals surface area contributed by atoms with Gasteiger partial charge in [0.15, 0.2) is 5.69 Å². The summed E-state index contributed by atoms with van der Waals surface area (Å²) in [4.78, 5) is 16.5. The van der Waals surface area contributed by atoms with Gasteiger partial charge in [-0.25, -0.2) is 4.98 Å². The lowest BCUT2D eigenvalue weighted by atomic mass is 9.67. The SMILES string of the molecule is CC1(C)CCC1NC(=O)c1nc(Nc2cnsc2)ccc1O. The van der Waals surface area contributed by atoms with Gasteiger partial charge in [-0.05, 0) is 41.9 Å². The van der Waals surface area contributed by atoms with Crippen molar-refractivity contribution in [2.75, 3.05) is 5.32 Å². The van der Waals surface area contributed by atoms with Crippen molar-refractivity contribution in [1.82, 2.24) is 14.7 Å². The van der Waals surface area contributed by atoms with Crippen LogP contribution in [0.2, 0.25) is 0 Å². The van der Waals surface area contributed by atoms with Gasteiger partial charge in [-0.2, -0.15) is 4.37 Å². The van der Waals surface area contributed by atoms with Crippen molar-refractivity contribution in [1.29, 1.82) is 0 Å². The molecule has 1 aliphatic rings. The lowest BCUT2D eigenvalue weighted by Gasteiger charge is -2.44. The molecule has 1 aliphatic carbocycles. The minimum atomic E-state index is -0.345. The maximum atomic E-state index is 12.3. The Hall–Kier alpha value is -2.15. The first kappa shape index (κ1) is 14.8. The number of rotatable bonds is 4. The Morgan fingerprint density at radius 2 is 2.27 bits per heavy atom. The number of nitrogens with one attached hydrogen (secondary N) is 2. The summed E-state index contributed by atoms with van der Waals surface area (Å²) >= 11 is 1.32. The number of hydrogen-bond acceptors (Lipinski definition) is 6. The number of aromatic nitrogens is 2. The highest BCUT2D eigenvalue weighted by Gasteiger charge is 2.39. The molecule has 1 amide bonds. The number of pyridine rings is 1. The first-order valence-electron chi connectivity index (χ1n) is 7.13. The quantitative estimate of drug-likeness (QED) is 0.807. The van der Waals surface area contributed by atoms with Crippen molar-refractivity contribution >= 4 is 28.9 Å². The fraction of sp³-hybridized carbons (Fsp3) is 0.400. The first-order valence-corrected chi connectivity index (χ1v) is 7.97. The fourth-order valence-electron chi connectivity index (χ4n) is 2.46. The summed E-state index contributed by atoms with van der Waals surface area (Å²) in [5, 5.41) is 17.7. The molecule has 1 fully saturated rings. The predicted molar refractivity (Wildman–Crippen MR) is 85.6 cm³/mol. The molecule has 1 atom stereocenters. The molecule has 7 heteroatoms. The van der Waals surface area contributed by atoms with Gasteiger partial charge in [0.25, 0.3) is 5.91 Å². The van der Waals surface area contributed by atoms with Gasteiger partial charge in [-0.3, -0.25) is 4.79 Å². The maximum Gasteiger partial charge on any atom is 0.274 e. The lowest BCUT2D eigenvalue weighted by molar-refractivity contribution is 0.0725. The molecule has 0 bridgehead atoms. The molecule has 0 aliphatic heterocycles. The summed E-state index contributed by atoms with van der Waals surface area (Å²) in [7, 11) is 0. The minimum absolute atomic E-state index is 0.0379. The van der Waals surface area contributed by atoms with Crippen molar-refractivity contribution < 1.29 is 9.90 Å². The molecule has 6 nitrogen and oxygen atoms in total. The number of anilines is 2. The molecule has 1 saturated carbocycles. The molecule has 2 aromatic heterocycles. The van der Waals surface area contributed by atoms with E-state index < -0.39 is 0 Å². The molecule has 2 heterocycles. The van der Waals surface area contributed by atoms with E-state index in [1.165, 1.54) is 17.6 Å². The van der Waals surface area contributed by atoms with Crippen molar-refractivity contribution in [3.05, 3.63) is 29.4 Å². The normalized spacial score (nSPS) is 19.3. The summed E-state index contributed by atoms with van der Waals surface area (Å²) in [6.07, 6.45) is 3.72. The Balaban J connectivity index is 1.76. The Kier molecular flexibility index (Phi) is 3.74. The van der Waals surface area contributed by atoms with Crippen LogP contribution in [0.25, 0.3) is 0 Å². The molecule has 0 saturated heterocycles. The van der Waals surface area contributed by atoms with Gasteiger partial charge < -0.3 is 15.7 Å². The van der Waals surface area contributed by atoms with Gasteiger partial charge in [0.1, 0.15) is 11.6 Å². The third-order valence-electron chi connectivity index (χ3n) is 4.12. The van der Waals surface area contributed by atoms with Crippen LogP contribution in [0.5, 0.6) is 5.75 Å². The third-order valence-corrected chi connectivity index (χ3v) is 4.71. The highest BCUT2D eigenvalue weighted by Crippen LogP contribution is 2.40. The number of amides is 1. The molecule has 2 aromatic rings. The molecule has 22 heavy (non-hydrogen) atoms. The van der Waals surface area contributed by atoms with E-state index in [-0.39, 0.29) is 28.8 Å². The molecule has 0 spiro atoms. The van der Waals surface area contributed by atoms with E-state index in [0.717, 1.165) is 18.5 Å². The van der Waals surface area contributed by atoms with Gasteiger partial charge in [0.2, 0.25) is 0 Å². The topological polar surface area (TPSA) is 87.1 Å². The number of hydrogen-bond donors (Lipinski definition) is 3. The summed E-state index contributed by atoms with van der Waals surface area (Å²) in [5.74, 6) is 0.0296. The maximum absolute atomic E-state index is 12.3. The van der Waals surface area contributed by atoms with Crippen LogP contribution < -0.4 is 10.6 Å². The van der Waals surface area contributed by atoms with Crippen LogP contribution in [0.3, 0.4) is 0 Å². The van der Waals surface area contributed by atoms with E-state index in [4.69, 9.17) is 0 Å². The van der Waals surface area contributed by atoms with Gasteiger partial charge in [-0.15, -0.1) is 0 Å². The van der Waals surface area contributed by atoms with E-state index >= 15 is 0 Å². The Labute approximate surface area is 132 Å². The van der Waals surface area contributed by atoms with Gasteiger partial charge >= 0.3 is 0 Å². The number of carbonyl (C=O) groups excluding carboxylic acids is 1. The largest absolute Gasteiger partial charge is 0.505 e. The second kappa shape index (κ2) is 5.57. The van der Waals surface area contributed by atoms with E-state index in [1.807, 2.05) is 5.38 Å². The Morgan fingerprint density at radius 3 is 2.86 bits per heavy atom. The lowest BCUT2D eigenvalue weighted by Crippen LogP contribution is -2.52. The monoisotopic (exact) mass is 318 g/mol. The molecule has 1 unspecified atom stereocenters. The summed E-state index contributed by atoms with van der Waals surface area (Å²) in [5.41, 5.74) is 0.939. The molecular weight excluding hydrogens is 300 g/mol. The Morgan fingerprint density at radius 1 is 1.45 bits per heavy atom. The molecule has 3 rings (SSSR count). The highest BCUT2D eigenvalue weighted by molar-refractivity contribution is 7.04. The molecule has 3 N–H and O–H groups in total. The van der Waals surface area contributed by atoms with Crippen molar-refractivity contribution in [3.8, 4) is 5.75 Å². The number of nitrogens with zero attached hydrogens (tertiary/aromatic N) is 2. The van der Waals surface area contributed by atoms with Crippen LogP contribution in [0.1, 0.15) is 37.2 Å². The van der Waals surface area contributed by atoms with Crippen LogP contribution >= 0.6 is 11.5 Å². The molecular formula is C15H18N4O2S. The third kappa shape index (κ3) is 2.89. The average Bonchev–Trinajstić information content (AvgIpc) is 2.98. The van der Waals surface area contributed by atoms with Crippen molar-refractivity contribution in [2.45, 2.75) is 32.7 Å². The van der Waals surface area contributed by atoms with E-state index in [0.29, 0.717) is 5.82 Å². The smallest absolute Gasteiger partial charge is 0.274 e. The van der Waals surface area contributed by atoms with Gasteiger partial charge in [0, 0.05) is 11.4 Å². The second-order valence-corrected chi connectivity index (χ2v) is 6.81. The fourth-order valence-corrected chi connectivity index (χ4v) is 2.93. The van der Waals surface area contributed by atoms with Gasteiger partial charge in [0.05, 0.1) is 11.9 Å². The molecule has 0 aromatic carbocycles. The van der Waals surface area contributed by atoms with Crippen LogP contribution in [0.4, 0.5) is 11.5 Å². The molecule has 0 radical (unpaired) electrons. The second-order valence-electron chi connectivity index (χ2n) is 6.16. The highest BCUT2D eigenvalue weighted by atomic mass is 32.1. The average molecular weight is 318 g/mol. The van der Waals surface area contributed by atoms with Crippen molar-refractivity contribution in [2.24, 2.45) is 5.41 Å². The standard InChI is InChI=1S/C15H18N4O2S/c1-15(2)6-5-11(15)18-14(21)13-10(20)3-4-12(19-13)17-9-7-16-22-8-9/h3-4,7-8,11,20H,5-6H2,1-2H3,(H,17,19)(H,18,21). The van der Waals surface area contributed by atoms with Crippen LogP contribution in [-0.2, 0) is 0 Å². The zero-order valence-electron chi connectivity index (χ0n) is 12.5. The summed E-state index contributed by atoms with van der Waals surface area (Å²) < 4.78 is 3.99. The first-order chi connectivity index (χ1) is 10.5. The van der Waals surface area contributed by atoms with Crippen LogP contribution in [0, 0.1) is 5.41 Å². The van der Waals surface area contributed by atoms with Crippen LogP contribution in [-0.4, -0.2) is 26.4 Å². The van der Waals surface area contributed by atoms with E-state index in [1.54, 1.807) is 12.3 Å². The number of carbonyl (C=O) groups is 1. The van der Waals surface area contributed by atoms with E-state index in [9.17, 15) is 9.90 Å². The summed E-state index contributed by atoms with van der Waals surface area (Å²) in [6, 6.07) is 3.21. The zero-order valence-corrected chi connectivity index (χ0v) is 13.3. The predicted octanol–water partition coefficient (Wildman–Crippen LogP) is 2.91. The minimum Gasteiger partial charge on any atom is -0.505 e. The van der Waals surface area contributed by atoms with Crippen LogP contribution in [0.15, 0.2) is 23.7 Å². The van der Waals surface area contributed by atoms with Gasteiger partial charge in [-0.1, -0.05) is 13.8 Å². The Bertz CT molecular complexity index is 685. The van der Waals surface area contributed by atoms with Crippen molar-refractivity contribution in [3.63, 3.8) is 0 Å². The van der Waals surface area contributed by atoms with E-state index in [2.05, 4.69) is 33.8 Å². The zero-order chi connectivity index (χ0) is 15.7. The molecule has 116 valence electrons. The number of aromatic hydroxyl groups is 1.